The summed E-state index contributed by atoms with van der Waals surface area (Å²) in [6.07, 6.45) is 1.95. The Kier molecular flexibility index (Phi) is 4.42. The van der Waals surface area contributed by atoms with Gasteiger partial charge in [0.2, 0.25) is 0 Å². The van der Waals surface area contributed by atoms with Gasteiger partial charge >= 0.3 is 0 Å². The average molecular weight is 228 g/mol. The van der Waals surface area contributed by atoms with E-state index in [9.17, 15) is 9.18 Å². The van der Waals surface area contributed by atoms with Crippen LogP contribution in [-0.4, -0.2) is 24.5 Å². The number of carbonyl (C=O) groups excluding carboxylic acids is 1. The number of halogens is 1. The van der Waals surface area contributed by atoms with Crippen molar-refractivity contribution in [1.29, 1.82) is 0 Å². The molecule has 1 amide bonds. The number of amides is 1. The number of hydrogen-bond acceptors (Lipinski definition) is 3. The molecule has 0 fully saturated rings. The van der Waals surface area contributed by atoms with Crippen LogP contribution in [0.5, 0.6) is 0 Å². The fraction of sp³-hybridized carbons (Fsp3) is 0.300. The lowest BCUT2D eigenvalue weighted by Gasteiger charge is -2.05. The molecule has 0 saturated heterocycles. The maximum atomic E-state index is 12.9. The predicted molar refractivity (Wildman–Crippen MR) is 61.5 cm³/mol. The normalized spacial score (nSPS) is 10.0. The minimum absolute atomic E-state index is 0.255. The van der Waals surface area contributed by atoms with Crippen molar-refractivity contribution in [2.24, 2.45) is 0 Å². The van der Waals surface area contributed by atoms with Crippen molar-refractivity contribution >= 4 is 23.4 Å². The zero-order valence-electron chi connectivity index (χ0n) is 8.42. The van der Waals surface area contributed by atoms with Crippen molar-refractivity contribution in [3.8, 4) is 0 Å². The minimum atomic E-state index is -0.495. The van der Waals surface area contributed by atoms with Crippen LogP contribution in [0.2, 0.25) is 0 Å². The van der Waals surface area contributed by atoms with Gasteiger partial charge in [0.05, 0.1) is 0 Å². The molecule has 0 radical (unpaired) electrons. The summed E-state index contributed by atoms with van der Waals surface area (Å²) < 4.78 is 12.9. The van der Waals surface area contributed by atoms with E-state index in [1.807, 2.05) is 6.26 Å². The zero-order valence-corrected chi connectivity index (χ0v) is 9.23. The third-order valence-electron chi connectivity index (χ3n) is 1.77. The fourth-order valence-electron chi connectivity index (χ4n) is 1.11. The molecule has 5 heteroatoms. The number of hydrogen-bond donors (Lipinski definition) is 2. The lowest BCUT2D eigenvalue weighted by molar-refractivity contribution is 0.0956. The van der Waals surface area contributed by atoms with E-state index < -0.39 is 5.82 Å². The number of nitrogen functional groups attached to an aromatic ring is 1. The molecule has 1 rings (SSSR count). The number of anilines is 1. The van der Waals surface area contributed by atoms with E-state index in [0.29, 0.717) is 6.54 Å². The van der Waals surface area contributed by atoms with Gasteiger partial charge in [-0.3, -0.25) is 4.79 Å². The fourth-order valence-corrected chi connectivity index (χ4v) is 1.42. The highest BCUT2D eigenvalue weighted by molar-refractivity contribution is 7.98. The average Bonchev–Trinajstić information content (AvgIpc) is 2.16. The molecule has 0 aliphatic carbocycles. The van der Waals surface area contributed by atoms with E-state index in [0.717, 1.165) is 5.75 Å². The second-order valence-corrected chi connectivity index (χ2v) is 4.01. The van der Waals surface area contributed by atoms with Gasteiger partial charge in [-0.05, 0) is 24.5 Å². The standard InChI is InChI=1S/C10H13FN2OS/c1-15-3-2-13-10(14)7-4-8(11)6-9(12)5-7/h4-6H,2-3,12H2,1H3,(H,13,14). The molecule has 0 aliphatic heterocycles. The number of nitrogens with one attached hydrogen (secondary N) is 1. The summed E-state index contributed by atoms with van der Waals surface area (Å²) in [4.78, 5) is 11.5. The minimum Gasteiger partial charge on any atom is -0.399 e. The molecule has 1 aromatic carbocycles. The number of carbonyl (C=O) groups is 1. The molecule has 0 heterocycles. The van der Waals surface area contributed by atoms with Crippen LogP contribution in [-0.2, 0) is 0 Å². The molecule has 0 aliphatic rings. The van der Waals surface area contributed by atoms with Gasteiger partial charge in [-0.15, -0.1) is 0 Å². The maximum Gasteiger partial charge on any atom is 0.251 e. The van der Waals surface area contributed by atoms with Gasteiger partial charge in [-0.2, -0.15) is 11.8 Å². The van der Waals surface area contributed by atoms with Crippen LogP contribution in [0.3, 0.4) is 0 Å². The van der Waals surface area contributed by atoms with Crippen LogP contribution in [0, 0.1) is 5.82 Å². The molecule has 0 bridgehead atoms. The Morgan fingerprint density at radius 2 is 2.27 bits per heavy atom. The largest absolute Gasteiger partial charge is 0.399 e. The first kappa shape index (κ1) is 11.8. The molecule has 82 valence electrons. The van der Waals surface area contributed by atoms with Gasteiger partial charge in [0.1, 0.15) is 5.82 Å². The molecule has 0 aromatic heterocycles. The Morgan fingerprint density at radius 1 is 1.53 bits per heavy atom. The van der Waals surface area contributed by atoms with Crippen molar-refractivity contribution < 1.29 is 9.18 Å². The van der Waals surface area contributed by atoms with E-state index in [4.69, 9.17) is 5.73 Å². The van der Waals surface area contributed by atoms with Crippen LogP contribution in [0.15, 0.2) is 18.2 Å². The highest BCUT2D eigenvalue weighted by atomic mass is 32.2. The summed E-state index contributed by atoms with van der Waals surface area (Å²) >= 11 is 1.63. The van der Waals surface area contributed by atoms with E-state index >= 15 is 0 Å². The summed E-state index contributed by atoms with van der Waals surface area (Å²) in [5, 5.41) is 2.67. The summed E-state index contributed by atoms with van der Waals surface area (Å²) in [6, 6.07) is 3.81. The van der Waals surface area contributed by atoms with Crippen LogP contribution >= 0.6 is 11.8 Å². The topological polar surface area (TPSA) is 55.1 Å². The van der Waals surface area contributed by atoms with Crippen LogP contribution in [0.4, 0.5) is 10.1 Å². The molecule has 0 spiro atoms. The van der Waals surface area contributed by atoms with Crippen molar-refractivity contribution in [2.75, 3.05) is 24.3 Å². The van der Waals surface area contributed by atoms with E-state index in [2.05, 4.69) is 5.32 Å². The molecular weight excluding hydrogens is 215 g/mol. The molecule has 0 saturated carbocycles. The van der Waals surface area contributed by atoms with Crippen molar-refractivity contribution in [3.05, 3.63) is 29.6 Å². The lowest BCUT2D eigenvalue weighted by Crippen LogP contribution is -2.25. The SMILES string of the molecule is CSCCNC(=O)c1cc(N)cc(F)c1. The van der Waals surface area contributed by atoms with Crippen LogP contribution < -0.4 is 11.1 Å². The molecule has 3 N–H and O–H groups in total. The second-order valence-electron chi connectivity index (χ2n) is 3.02. The van der Waals surface area contributed by atoms with Gasteiger partial charge in [0.25, 0.3) is 5.91 Å². The first-order valence-electron chi connectivity index (χ1n) is 4.46. The molecule has 3 nitrogen and oxygen atoms in total. The first-order valence-corrected chi connectivity index (χ1v) is 5.86. The lowest BCUT2D eigenvalue weighted by atomic mass is 10.2. The first-order chi connectivity index (χ1) is 7.13. The third kappa shape index (κ3) is 3.79. The highest BCUT2D eigenvalue weighted by Crippen LogP contribution is 2.10. The molecule has 0 atom stereocenters. The Hall–Kier alpha value is -1.23. The molecule has 0 unspecified atom stereocenters. The Labute approximate surface area is 92.2 Å². The van der Waals surface area contributed by atoms with Crippen LogP contribution in [0.1, 0.15) is 10.4 Å². The number of benzene rings is 1. The monoisotopic (exact) mass is 228 g/mol. The summed E-state index contributed by atoms with van der Waals surface area (Å²) in [6.45, 7) is 0.566. The number of nitrogens with two attached hydrogens (primary N) is 1. The van der Waals surface area contributed by atoms with Gasteiger partial charge in [-0.25, -0.2) is 4.39 Å². The highest BCUT2D eigenvalue weighted by Gasteiger charge is 2.06. The third-order valence-corrected chi connectivity index (χ3v) is 2.39. The smallest absolute Gasteiger partial charge is 0.251 e. The zero-order chi connectivity index (χ0) is 11.3. The maximum absolute atomic E-state index is 12.9. The predicted octanol–water partition coefficient (Wildman–Crippen LogP) is 1.50. The molecule has 1 aromatic rings. The van der Waals surface area contributed by atoms with Gasteiger partial charge in [0.15, 0.2) is 0 Å². The van der Waals surface area contributed by atoms with Crippen molar-refractivity contribution in [3.63, 3.8) is 0 Å². The number of rotatable bonds is 4. The Bertz CT molecular complexity index is 337. The van der Waals surface area contributed by atoms with E-state index in [1.54, 1.807) is 11.8 Å². The van der Waals surface area contributed by atoms with Gasteiger partial charge in [-0.1, -0.05) is 0 Å². The summed E-state index contributed by atoms with van der Waals surface area (Å²) in [5.41, 5.74) is 5.94. The summed E-state index contributed by atoms with van der Waals surface area (Å²) in [5.74, 6) is 0.0385. The number of thioether (sulfide) groups is 1. The quantitative estimate of drug-likeness (QED) is 0.606. The molecular formula is C10H13FN2OS. The van der Waals surface area contributed by atoms with Crippen LogP contribution in [0.25, 0.3) is 0 Å². The summed E-state index contributed by atoms with van der Waals surface area (Å²) in [7, 11) is 0. The Morgan fingerprint density at radius 3 is 2.87 bits per heavy atom. The second kappa shape index (κ2) is 5.60. The van der Waals surface area contributed by atoms with E-state index in [-0.39, 0.29) is 17.2 Å². The van der Waals surface area contributed by atoms with E-state index in [1.165, 1.54) is 18.2 Å². The Balaban J connectivity index is 2.65. The van der Waals surface area contributed by atoms with Crippen molar-refractivity contribution in [2.45, 2.75) is 0 Å². The van der Waals surface area contributed by atoms with Gasteiger partial charge < -0.3 is 11.1 Å². The van der Waals surface area contributed by atoms with Crippen molar-refractivity contribution in [1.82, 2.24) is 5.32 Å². The molecule has 15 heavy (non-hydrogen) atoms. The van der Waals surface area contributed by atoms with Gasteiger partial charge in [0, 0.05) is 23.5 Å².